The second-order valence-electron chi connectivity index (χ2n) is 6.30. The quantitative estimate of drug-likeness (QED) is 0.282. The van der Waals surface area contributed by atoms with Gasteiger partial charge >= 0.3 is 5.97 Å². The Balaban J connectivity index is 1.68. The first-order chi connectivity index (χ1) is 15.5. The molecule has 0 spiro atoms. The number of rotatable bonds is 8. The molecule has 1 aliphatic rings. The number of nitrogens with one attached hydrogen (secondary N) is 1. The third-order valence-corrected chi connectivity index (χ3v) is 4.91. The van der Waals surface area contributed by atoms with Crippen molar-refractivity contribution in [3.8, 4) is 11.5 Å². The number of hydrogen-bond acceptors (Lipinski definition) is 8. The molecule has 0 unspecified atom stereocenters. The van der Waals surface area contributed by atoms with E-state index < -0.39 is 11.9 Å². The predicted molar refractivity (Wildman–Crippen MR) is 119 cm³/mol. The van der Waals surface area contributed by atoms with E-state index in [-0.39, 0.29) is 22.5 Å². The van der Waals surface area contributed by atoms with Crippen LogP contribution in [0.1, 0.15) is 18.1 Å². The van der Waals surface area contributed by atoms with Gasteiger partial charge in [-0.15, -0.1) is 5.10 Å². The lowest BCUT2D eigenvalue weighted by Crippen LogP contribution is -2.19. The summed E-state index contributed by atoms with van der Waals surface area (Å²) < 4.78 is 29.3. The number of esters is 1. The number of carbonyl (C=O) groups is 2. The van der Waals surface area contributed by atoms with Crippen molar-refractivity contribution < 1.29 is 28.2 Å². The summed E-state index contributed by atoms with van der Waals surface area (Å²) in [6, 6.07) is 11.4. The molecule has 3 rings (SSSR count). The smallest absolute Gasteiger partial charge is 0.331 e. The van der Waals surface area contributed by atoms with Crippen molar-refractivity contribution in [1.29, 1.82) is 0 Å². The zero-order chi connectivity index (χ0) is 22.9. The number of thioether (sulfide) groups is 1. The average molecular weight is 457 g/mol. The summed E-state index contributed by atoms with van der Waals surface area (Å²) in [5.41, 5.74) is 1.39. The Labute approximate surface area is 188 Å². The molecule has 1 fully saturated rings. The second-order valence-corrected chi connectivity index (χ2v) is 7.33. The Bertz CT molecular complexity index is 1100. The first-order valence-electron chi connectivity index (χ1n) is 9.52. The normalized spacial score (nSPS) is 15.9. The summed E-state index contributed by atoms with van der Waals surface area (Å²) in [4.78, 5) is 23.3. The van der Waals surface area contributed by atoms with Crippen LogP contribution in [-0.4, -0.2) is 37.0 Å². The molecule has 1 heterocycles. The van der Waals surface area contributed by atoms with E-state index in [0.29, 0.717) is 29.2 Å². The number of hydrogen-bond donors (Lipinski definition) is 1. The Morgan fingerprint density at radius 3 is 2.78 bits per heavy atom. The summed E-state index contributed by atoms with van der Waals surface area (Å²) in [5, 5.41) is 10.7. The van der Waals surface area contributed by atoms with E-state index in [1.54, 1.807) is 30.3 Å². The number of ether oxygens (including phenoxy) is 3. The molecule has 2 aromatic rings. The van der Waals surface area contributed by atoms with Gasteiger partial charge < -0.3 is 14.2 Å². The van der Waals surface area contributed by atoms with E-state index in [0.717, 1.165) is 17.8 Å². The lowest BCUT2D eigenvalue weighted by molar-refractivity contribution is -0.135. The van der Waals surface area contributed by atoms with E-state index >= 15 is 0 Å². The van der Waals surface area contributed by atoms with Gasteiger partial charge in [0.05, 0.1) is 24.8 Å². The number of carbonyl (C=O) groups excluding carboxylic acids is 2. The zero-order valence-electron chi connectivity index (χ0n) is 17.3. The molecule has 0 radical (unpaired) electrons. The van der Waals surface area contributed by atoms with Crippen LogP contribution < -0.4 is 14.8 Å². The van der Waals surface area contributed by atoms with Gasteiger partial charge in [0.25, 0.3) is 5.91 Å². The van der Waals surface area contributed by atoms with Gasteiger partial charge in [-0.2, -0.15) is 5.10 Å². The first-order valence-corrected chi connectivity index (χ1v) is 10.3. The molecule has 32 heavy (non-hydrogen) atoms. The van der Waals surface area contributed by atoms with Crippen molar-refractivity contribution in [2.45, 2.75) is 13.5 Å². The molecule has 0 aromatic heterocycles. The maximum atomic E-state index is 13.3. The number of halogens is 1. The van der Waals surface area contributed by atoms with Gasteiger partial charge in [0, 0.05) is 6.08 Å². The van der Waals surface area contributed by atoms with Crippen LogP contribution in [0.3, 0.4) is 0 Å². The molecule has 1 N–H and O–H groups in total. The van der Waals surface area contributed by atoms with Crippen molar-refractivity contribution in [2.75, 3.05) is 13.7 Å². The fourth-order valence-electron chi connectivity index (χ4n) is 2.57. The first kappa shape index (κ1) is 23.0. The van der Waals surface area contributed by atoms with Crippen molar-refractivity contribution in [1.82, 2.24) is 5.32 Å². The van der Waals surface area contributed by atoms with Gasteiger partial charge in [0.2, 0.25) is 0 Å². The molecular weight excluding hydrogens is 437 g/mol. The lowest BCUT2D eigenvalue weighted by atomic mass is 10.2. The number of amides is 1. The van der Waals surface area contributed by atoms with Crippen LogP contribution in [0.5, 0.6) is 11.5 Å². The summed E-state index contributed by atoms with van der Waals surface area (Å²) in [6.45, 7) is 2.47. The Morgan fingerprint density at radius 2 is 2.03 bits per heavy atom. The summed E-state index contributed by atoms with van der Waals surface area (Å²) in [5.74, 6) is -0.389. The van der Waals surface area contributed by atoms with Crippen LogP contribution in [-0.2, 0) is 20.9 Å². The SMILES string of the molecule is CCOc1cc(C=N/N=C2/NC(=O)/C(=C\C(=O)OC)S2)ccc1OCc1cccc(F)c1. The largest absolute Gasteiger partial charge is 0.490 e. The highest BCUT2D eigenvalue weighted by Gasteiger charge is 2.25. The van der Waals surface area contributed by atoms with E-state index in [1.807, 2.05) is 6.92 Å². The standard InChI is InChI=1S/C22H20FN3O5S/c1-3-30-18-10-14(7-8-17(18)31-13-15-5-4-6-16(23)9-15)12-24-26-22-25-21(28)19(32-22)11-20(27)29-2/h4-12H,3,13H2,1-2H3,(H,25,26,28)/b19-11+,24-12?. The van der Waals surface area contributed by atoms with E-state index in [9.17, 15) is 14.0 Å². The zero-order valence-corrected chi connectivity index (χ0v) is 18.1. The molecule has 10 heteroatoms. The average Bonchev–Trinajstić information content (AvgIpc) is 3.12. The van der Waals surface area contributed by atoms with Gasteiger partial charge in [-0.3, -0.25) is 10.1 Å². The monoisotopic (exact) mass is 457 g/mol. The molecule has 0 atom stereocenters. The molecular formula is C22H20FN3O5S. The minimum absolute atomic E-state index is 0.171. The van der Waals surface area contributed by atoms with Crippen LogP contribution in [0.4, 0.5) is 4.39 Å². The lowest BCUT2D eigenvalue weighted by Gasteiger charge is -2.12. The third kappa shape index (κ3) is 6.42. The number of methoxy groups -OCH3 is 1. The molecule has 166 valence electrons. The van der Waals surface area contributed by atoms with Crippen molar-refractivity contribution in [3.63, 3.8) is 0 Å². The highest BCUT2D eigenvalue weighted by atomic mass is 32.2. The van der Waals surface area contributed by atoms with Crippen LogP contribution >= 0.6 is 11.8 Å². The van der Waals surface area contributed by atoms with Gasteiger partial charge in [-0.05, 0) is 60.1 Å². The molecule has 1 saturated heterocycles. The van der Waals surface area contributed by atoms with Crippen LogP contribution in [0.15, 0.2) is 63.6 Å². The molecule has 0 saturated carbocycles. The third-order valence-electron chi connectivity index (χ3n) is 4.01. The number of benzene rings is 2. The Kier molecular flexibility index (Phi) is 7.98. The minimum atomic E-state index is -0.629. The van der Waals surface area contributed by atoms with E-state index in [2.05, 4.69) is 20.3 Å². The molecule has 8 nitrogen and oxygen atoms in total. The Morgan fingerprint density at radius 1 is 1.19 bits per heavy atom. The fraction of sp³-hybridized carbons (Fsp3) is 0.182. The molecule has 0 aliphatic carbocycles. The topological polar surface area (TPSA) is 98.6 Å². The molecule has 1 aliphatic heterocycles. The van der Waals surface area contributed by atoms with Gasteiger partial charge in [-0.25, -0.2) is 9.18 Å². The Hall–Kier alpha value is -3.66. The maximum Gasteiger partial charge on any atom is 0.331 e. The van der Waals surface area contributed by atoms with Gasteiger partial charge in [0.1, 0.15) is 12.4 Å². The predicted octanol–water partition coefficient (Wildman–Crippen LogP) is 3.41. The minimum Gasteiger partial charge on any atom is -0.490 e. The van der Waals surface area contributed by atoms with Crippen molar-refractivity contribution >= 4 is 35.0 Å². The molecule has 2 aromatic carbocycles. The van der Waals surface area contributed by atoms with Crippen LogP contribution in [0.25, 0.3) is 0 Å². The fourth-order valence-corrected chi connectivity index (χ4v) is 3.31. The van der Waals surface area contributed by atoms with E-state index in [4.69, 9.17) is 9.47 Å². The highest BCUT2D eigenvalue weighted by molar-refractivity contribution is 8.18. The van der Waals surface area contributed by atoms with Gasteiger partial charge in [-0.1, -0.05) is 12.1 Å². The maximum absolute atomic E-state index is 13.3. The van der Waals surface area contributed by atoms with Crippen molar-refractivity contribution in [3.05, 3.63) is 70.4 Å². The van der Waals surface area contributed by atoms with Gasteiger partial charge in [0.15, 0.2) is 16.7 Å². The number of amidine groups is 1. The summed E-state index contributed by atoms with van der Waals surface area (Å²) in [7, 11) is 1.23. The summed E-state index contributed by atoms with van der Waals surface area (Å²) >= 11 is 0.981. The highest BCUT2D eigenvalue weighted by Crippen LogP contribution is 2.29. The summed E-state index contributed by atoms with van der Waals surface area (Å²) in [6.07, 6.45) is 2.57. The van der Waals surface area contributed by atoms with Crippen molar-refractivity contribution in [2.24, 2.45) is 10.2 Å². The molecule has 1 amide bonds. The second kappa shape index (κ2) is 11.1. The van der Waals surface area contributed by atoms with E-state index in [1.165, 1.54) is 25.5 Å². The number of nitrogens with zero attached hydrogens (tertiary/aromatic N) is 2. The van der Waals surface area contributed by atoms with Crippen LogP contribution in [0.2, 0.25) is 0 Å². The molecule has 0 bridgehead atoms. The van der Waals surface area contributed by atoms with Crippen LogP contribution in [0, 0.1) is 5.82 Å².